The van der Waals surface area contributed by atoms with Crippen LogP contribution in [0.3, 0.4) is 0 Å². The molecule has 0 aromatic heterocycles. The van der Waals surface area contributed by atoms with Crippen molar-refractivity contribution in [3.05, 3.63) is 95.1 Å². The molecule has 0 atom stereocenters. The number of hydrogen-bond acceptors (Lipinski definition) is 1. The van der Waals surface area contributed by atoms with E-state index in [4.69, 9.17) is 0 Å². The van der Waals surface area contributed by atoms with E-state index in [0.717, 1.165) is 19.6 Å². The topological polar surface area (TPSA) is 3.24 Å². The zero-order valence-electron chi connectivity index (χ0n) is 13.5. The molecular weight excluding hydrogens is 278 g/mol. The summed E-state index contributed by atoms with van der Waals surface area (Å²) in [7, 11) is 0. The van der Waals surface area contributed by atoms with Gasteiger partial charge >= 0.3 is 0 Å². The van der Waals surface area contributed by atoms with Gasteiger partial charge in [-0.2, -0.15) is 0 Å². The summed E-state index contributed by atoms with van der Waals surface area (Å²) in [6.45, 7) is 5.27. The molecule has 0 bridgehead atoms. The van der Waals surface area contributed by atoms with Crippen LogP contribution in [0.4, 0.5) is 0 Å². The van der Waals surface area contributed by atoms with Crippen LogP contribution >= 0.6 is 0 Å². The smallest absolute Gasteiger partial charge is 0.0244 e. The van der Waals surface area contributed by atoms with Gasteiger partial charge in [0.15, 0.2) is 0 Å². The molecule has 0 saturated heterocycles. The van der Waals surface area contributed by atoms with E-state index in [2.05, 4.69) is 84.6 Å². The van der Waals surface area contributed by atoms with Crippen LogP contribution < -0.4 is 0 Å². The van der Waals surface area contributed by atoms with Crippen molar-refractivity contribution >= 4 is 0 Å². The predicted molar refractivity (Wildman–Crippen MR) is 96.0 cm³/mol. The summed E-state index contributed by atoms with van der Waals surface area (Å²) in [6, 6.07) is 26.4. The van der Waals surface area contributed by atoms with E-state index in [0.29, 0.717) is 0 Å². The molecular formula is C22H21N. The summed E-state index contributed by atoms with van der Waals surface area (Å²) in [4.78, 5) is 2.51. The Morgan fingerprint density at radius 3 is 2.35 bits per heavy atom. The van der Waals surface area contributed by atoms with Crippen LogP contribution in [0.2, 0.25) is 0 Å². The molecule has 0 saturated carbocycles. The van der Waals surface area contributed by atoms with E-state index >= 15 is 0 Å². The fraction of sp³-hybridized carbons (Fsp3) is 0.182. The maximum absolute atomic E-state index is 2.51. The highest BCUT2D eigenvalue weighted by molar-refractivity contribution is 5.66. The van der Waals surface area contributed by atoms with Crippen molar-refractivity contribution in [1.29, 1.82) is 0 Å². The Morgan fingerprint density at radius 2 is 1.52 bits per heavy atom. The molecule has 1 nitrogen and oxygen atoms in total. The lowest BCUT2D eigenvalue weighted by Crippen LogP contribution is -2.15. The first kappa shape index (κ1) is 14.2. The first-order chi connectivity index (χ1) is 11.3. The number of rotatable bonds is 3. The van der Waals surface area contributed by atoms with Crippen LogP contribution in [-0.2, 0) is 19.6 Å². The minimum absolute atomic E-state index is 1.02. The Labute approximate surface area is 138 Å². The molecule has 1 aliphatic heterocycles. The van der Waals surface area contributed by atoms with Crippen LogP contribution in [0.5, 0.6) is 0 Å². The van der Waals surface area contributed by atoms with Gasteiger partial charge in [0.05, 0.1) is 0 Å². The summed E-state index contributed by atoms with van der Waals surface area (Å²) in [5.74, 6) is 0. The van der Waals surface area contributed by atoms with Crippen molar-refractivity contribution in [3.63, 3.8) is 0 Å². The highest BCUT2D eigenvalue weighted by Gasteiger charge is 2.19. The van der Waals surface area contributed by atoms with Crippen molar-refractivity contribution in [3.8, 4) is 11.1 Å². The highest BCUT2D eigenvalue weighted by Crippen LogP contribution is 2.29. The number of nitrogens with zero attached hydrogens (tertiary/aromatic N) is 1. The lowest BCUT2D eigenvalue weighted by molar-refractivity contribution is 0.275. The molecule has 1 aliphatic rings. The normalized spacial score (nSPS) is 14.0. The Balaban J connectivity index is 1.55. The molecule has 114 valence electrons. The first-order valence-corrected chi connectivity index (χ1v) is 8.23. The van der Waals surface area contributed by atoms with Crippen LogP contribution in [-0.4, -0.2) is 4.90 Å². The SMILES string of the molecule is Cc1cccc(-c2ccc3c(c2)CN(Cc2ccccc2)C3)c1. The van der Waals surface area contributed by atoms with Gasteiger partial charge in [-0.25, -0.2) is 0 Å². The average molecular weight is 299 g/mol. The Bertz CT molecular complexity index is 820. The molecule has 0 aliphatic carbocycles. The molecule has 3 aromatic carbocycles. The molecule has 0 N–H and O–H groups in total. The molecule has 3 aromatic rings. The van der Waals surface area contributed by atoms with Crippen molar-refractivity contribution in [2.24, 2.45) is 0 Å². The number of fused-ring (bicyclic) bond motifs is 1. The Hall–Kier alpha value is -2.38. The largest absolute Gasteiger partial charge is 0.291 e. The molecule has 1 heterocycles. The lowest BCUT2D eigenvalue weighted by atomic mass is 9.99. The highest BCUT2D eigenvalue weighted by atomic mass is 15.1. The Kier molecular flexibility index (Phi) is 3.72. The Morgan fingerprint density at radius 1 is 0.739 bits per heavy atom. The molecule has 4 rings (SSSR count). The summed E-state index contributed by atoms with van der Waals surface area (Å²) in [5.41, 5.74) is 8.29. The van der Waals surface area contributed by atoms with Crippen LogP contribution in [0.1, 0.15) is 22.3 Å². The standard InChI is InChI=1S/C22H21N/c1-17-6-5-9-19(12-17)20-10-11-21-15-23(16-22(21)13-20)14-18-7-3-2-4-8-18/h2-13H,14-16H2,1H3. The minimum Gasteiger partial charge on any atom is -0.291 e. The number of benzene rings is 3. The van der Waals surface area contributed by atoms with E-state index in [9.17, 15) is 0 Å². The van der Waals surface area contributed by atoms with Crippen molar-refractivity contribution < 1.29 is 0 Å². The molecule has 0 spiro atoms. The van der Waals surface area contributed by atoms with Crippen molar-refractivity contribution in [1.82, 2.24) is 4.90 Å². The van der Waals surface area contributed by atoms with Gasteiger partial charge in [-0.05, 0) is 40.8 Å². The maximum Gasteiger partial charge on any atom is 0.0244 e. The minimum atomic E-state index is 1.02. The van der Waals surface area contributed by atoms with Gasteiger partial charge < -0.3 is 0 Å². The van der Waals surface area contributed by atoms with E-state index in [1.807, 2.05) is 0 Å². The monoisotopic (exact) mass is 299 g/mol. The second-order valence-corrected chi connectivity index (χ2v) is 6.48. The van der Waals surface area contributed by atoms with Gasteiger partial charge in [0, 0.05) is 19.6 Å². The van der Waals surface area contributed by atoms with Gasteiger partial charge in [0.2, 0.25) is 0 Å². The fourth-order valence-corrected chi connectivity index (χ4v) is 3.42. The molecule has 0 fully saturated rings. The average Bonchev–Trinajstić information content (AvgIpc) is 2.97. The number of hydrogen-bond donors (Lipinski definition) is 0. The predicted octanol–water partition coefficient (Wildman–Crippen LogP) is 5.18. The summed E-state index contributed by atoms with van der Waals surface area (Å²) < 4.78 is 0. The van der Waals surface area contributed by atoms with Gasteiger partial charge in [0.25, 0.3) is 0 Å². The third kappa shape index (κ3) is 3.06. The molecule has 1 heteroatoms. The van der Waals surface area contributed by atoms with Gasteiger partial charge in [-0.15, -0.1) is 0 Å². The zero-order valence-corrected chi connectivity index (χ0v) is 13.5. The second kappa shape index (κ2) is 6.02. The molecule has 0 amide bonds. The van der Waals surface area contributed by atoms with Crippen molar-refractivity contribution in [2.75, 3.05) is 0 Å². The van der Waals surface area contributed by atoms with E-state index in [1.165, 1.54) is 33.4 Å². The molecule has 0 unspecified atom stereocenters. The van der Waals surface area contributed by atoms with Gasteiger partial charge in [-0.3, -0.25) is 4.90 Å². The van der Waals surface area contributed by atoms with E-state index in [-0.39, 0.29) is 0 Å². The lowest BCUT2D eigenvalue weighted by Gasteiger charge is -2.14. The second-order valence-electron chi connectivity index (χ2n) is 6.48. The molecule has 23 heavy (non-hydrogen) atoms. The fourth-order valence-electron chi connectivity index (χ4n) is 3.42. The van der Waals surface area contributed by atoms with Crippen LogP contribution in [0, 0.1) is 6.92 Å². The van der Waals surface area contributed by atoms with E-state index < -0.39 is 0 Å². The van der Waals surface area contributed by atoms with Gasteiger partial charge in [-0.1, -0.05) is 72.3 Å². The first-order valence-electron chi connectivity index (χ1n) is 8.23. The third-order valence-electron chi connectivity index (χ3n) is 4.59. The summed E-state index contributed by atoms with van der Waals surface area (Å²) >= 11 is 0. The zero-order chi connectivity index (χ0) is 15.6. The summed E-state index contributed by atoms with van der Waals surface area (Å²) in [6.07, 6.45) is 0. The summed E-state index contributed by atoms with van der Waals surface area (Å²) in [5, 5.41) is 0. The number of aryl methyl sites for hydroxylation is 1. The van der Waals surface area contributed by atoms with Crippen LogP contribution in [0.25, 0.3) is 11.1 Å². The maximum atomic E-state index is 2.51. The van der Waals surface area contributed by atoms with E-state index in [1.54, 1.807) is 0 Å². The third-order valence-corrected chi connectivity index (χ3v) is 4.59. The van der Waals surface area contributed by atoms with Crippen molar-refractivity contribution in [2.45, 2.75) is 26.6 Å². The quantitative estimate of drug-likeness (QED) is 0.644. The molecule has 0 radical (unpaired) electrons. The van der Waals surface area contributed by atoms with Crippen LogP contribution in [0.15, 0.2) is 72.8 Å². The van der Waals surface area contributed by atoms with Gasteiger partial charge in [0.1, 0.15) is 0 Å².